The number of nitrogens with zero attached hydrogens (tertiary/aromatic N) is 3. The van der Waals surface area contributed by atoms with Crippen LogP contribution in [0, 0.1) is 32.7 Å². The summed E-state index contributed by atoms with van der Waals surface area (Å²) in [5, 5.41) is 7.55. The summed E-state index contributed by atoms with van der Waals surface area (Å²) < 4.78 is 73.0. The van der Waals surface area contributed by atoms with Crippen LogP contribution in [0.2, 0.25) is 0 Å². The molecule has 0 saturated heterocycles. The van der Waals surface area contributed by atoms with Crippen LogP contribution in [0.4, 0.5) is 0 Å². The first-order chi connectivity index (χ1) is 23.2. The molecule has 0 bridgehead atoms. The van der Waals surface area contributed by atoms with Crippen molar-refractivity contribution in [2.24, 2.45) is 0 Å². The van der Waals surface area contributed by atoms with Gasteiger partial charge in [-0.25, -0.2) is 4.98 Å². The molecule has 0 aliphatic carbocycles. The molecular weight excluding hydrogens is 683 g/mol. The molecule has 41 heavy (non-hydrogen) atoms. The van der Waals surface area contributed by atoms with Crippen molar-refractivity contribution in [1.29, 1.82) is 0 Å². The Balaban J connectivity index is 0.000000170. The summed E-state index contributed by atoms with van der Waals surface area (Å²) in [7, 11) is 0. The molecule has 5 heteroatoms. The first kappa shape index (κ1) is 18.1. The van der Waals surface area contributed by atoms with E-state index in [-0.39, 0.29) is 42.5 Å². The van der Waals surface area contributed by atoms with Crippen LogP contribution >= 0.6 is 0 Å². The Hall–Kier alpha value is -4.44. The maximum Gasteiger partial charge on any atom is 0.107 e. The molecule has 0 saturated carbocycles. The van der Waals surface area contributed by atoms with Gasteiger partial charge in [0.25, 0.3) is 0 Å². The van der Waals surface area contributed by atoms with Gasteiger partial charge in [0.05, 0.1) is 11.2 Å². The standard InChI is InChI=1S/C22H11N2O.C14H14N.Ir/c1-2-6-14-13(5-1)16-10-21-17(15-7-3-4-8-20(15)25-21)9-18(16)22-19(14)11-23-12-24-22;1-10-4-6-13(7-5-10)14-8-11(2)12(3)9-15-14;/h1-8,10-12H;4-6,8-9H,1-3H3;/q2*-1;/i;1D3,2D3,3D3;. The molecule has 0 aliphatic rings. The molecule has 0 unspecified atom stereocenters. The summed E-state index contributed by atoms with van der Waals surface area (Å²) in [6.07, 6.45) is 4.51. The first-order valence-corrected chi connectivity index (χ1v) is 12.5. The first-order valence-electron chi connectivity index (χ1n) is 17.0. The van der Waals surface area contributed by atoms with Crippen LogP contribution in [0.15, 0.2) is 102 Å². The smallest absolute Gasteiger partial charge is 0.107 e. The number of aromatic nitrogens is 3. The maximum absolute atomic E-state index is 7.54. The van der Waals surface area contributed by atoms with Crippen molar-refractivity contribution in [3.63, 3.8) is 0 Å². The van der Waals surface area contributed by atoms with E-state index in [2.05, 4.69) is 57.4 Å². The molecule has 0 N–H and O–H groups in total. The second-order valence-corrected chi connectivity index (χ2v) is 9.33. The number of furan rings is 1. The predicted molar refractivity (Wildman–Crippen MR) is 163 cm³/mol. The molecule has 0 aliphatic heterocycles. The average Bonchev–Trinajstić information content (AvgIpc) is 3.44. The van der Waals surface area contributed by atoms with Gasteiger partial charge in [-0.05, 0) is 52.6 Å². The summed E-state index contributed by atoms with van der Waals surface area (Å²) in [6, 6.07) is 30.2. The van der Waals surface area contributed by atoms with Crippen molar-refractivity contribution in [1.82, 2.24) is 15.0 Å². The number of benzene rings is 5. The SMILES string of the molecule is [2H]C([2H])([2H])c1c[c-]c(-c2cc(C([2H])([2H])[2H])c(C([2H])([2H])[2H])cn2)cc1.[Ir].[c-]1c2c(cc3c1c1ncncc1c1ccccc31)oc1ccccc12. The fourth-order valence-electron chi connectivity index (χ4n) is 4.96. The molecule has 8 aromatic rings. The van der Waals surface area contributed by atoms with E-state index in [0.717, 1.165) is 55.2 Å². The Morgan fingerprint density at radius 1 is 0.707 bits per heavy atom. The molecule has 0 fully saturated rings. The Labute approximate surface area is 264 Å². The van der Waals surface area contributed by atoms with Gasteiger partial charge in [-0.3, -0.25) is 4.98 Å². The van der Waals surface area contributed by atoms with Crippen LogP contribution < -0.4 is 0 Å². The summed E-state index contributed by atoms with van der Waals surface area (Å²) >= 11 is 0. The van der Waals surface area contributed by atoms with Crippen LogP contribution in [-0.2, 0) is 20.1 Å². The summed E-state index contributed by atoms with van der Waals surface area (Å²) in [4.78, 5) is 12.8. The van der Waals surface area contributed by atoms with Gasteiger partial charge in [0.15, 0.2) is 0 Å². The third kappa shape index (κ3) is 4.78. The van der Waals surface area contributed by atoms with Crippen molar-refractivity contribution in [3.05, 3.63) is 126 Å². The van der Waals surface area contributed by atoms with E-state index < -0.39 is 20.6 Å². The maximum atomic E-state index is 7.54. The number of para-hydroxylation sites is 1. The zero-order chi connectivity index (χ0) is 34.7. The Morgan fingerprint density at radius 3 is 2.29 bits per heavy atom. The van der Waals surface area contributed by atoms with Crippen molar-refractivity contribution in [2.45, 2.75) is 20.6 Å². The number of rotatable bonds is 1. The van der Waals surface area contributed by atoms with E-state index in [1.54, 1.807) is 6.33 Å². The zero-order valence-corrected chi connectivity index (χ0v) is 23.7. The third-order valence-corrected chi connectivity index (χ3v) is 6.87. The Kier molecular flexibility index (Phi) is 4.79. The Morgan fingerprint density at radius 2 is 1.51 bits per heavy atom. The summed E-state index contributed by atoms with van der Waals surface area (Å²) in [5.41, 5.74) is 2.72. The molecule has 0 amide bonds. The molecule has 8 rings (SSSR count). The molecule has 4 nitrogen and oxygen atoms in total. The normalized spacial score (nSPS) is 15.3. The quantitative estimate of drug-likeness (QED) is 0.126. The molecule has 1 radical (unpaired) electrons. The number of hydrogen-bond acceptors (Lipinski definition) is 4. The molecule has 5 aromatic carbocycles. The molecule has 0 atom stereocenters. The van der Waals surface area contributed by atoms with E-state index in [9.17, 15) is 0 Å². The van der Waals surface area contributed by atoms with Gasteiger partial charge in [0.2, 0.25) is 0 Å². The van der Waals surface area contributed by atoms with E-state index in [1.807, 2.05) is 30.5 Å². The van der Waals surface area contributed by atoms with Gasteiger partial charge in [0, 0.05) is 50.4 Å². The number of pyridine rings is 1. The fourth-order valence-corrected chi connectivity index (χ4v) is 4.96. The topological polar surface area (TPSA) is 51.8 Å². The third-order valence-electron chi connectivity index (χ3n) is 6.87. The average molecular weight is 717 g/mol. The van der Waals surface area contributed by atoms with Crippen molar-refractivity contribution in [3.8, 4) is 11.3 Å². The van der Waals surface area contributed by atoms with Crippen LogP contribution in [-0.4, -0.2) is 15.0 Å². The minimum Gasteiger partial charge on any atom is -0.500 e. The largest absolute Gasteiger partial charge is 0.500 e. The Bertz CT molecular complexity index is 2520. The summed E-state index contributed by atoms with van der Waals surface area (Å²) in [6.45, 7) is -7.47. The van der Waals surface area contributed by atoms with E-state index in [4.69, 9.17) is 16.8 Å². The van der Waals surface area contributed by atoms with Gasteiger partial charge in [-0.1, -0.05) is 83.2 Å². The number of fused-ring (bicyclic) bond motifs is 9. The van der Waals surface area contributed by atoms with E-state index in [1.165, 1.54) is 29.7 Å². The summed E-state index contributed by atoms with van der Waals surface area (Å²) in [5.74, 6) is 0. The minimum atomic E-state index is -2.61. The van der Waals surface area contributed by atoms with Gasteiger partial charge < -0.3 is 9.40 Å². The van der Waals surface area contributed by atoms with Crippen LogP contribution in [0.5, 0.6) is 0 Å². The molecule has 3 heterocycles. The van der Waals surface area contributed by atoms with Crippen molar-refractivity contribution < 1.29 is 36.9 Å². The van der Waals surface area contributed by atoms with Crippen molar-refractivity contribution in [2.75, 3.05) is 0 Å². The molecular formula is C36H25IrN3O-2. The van der Waals surface area contributed by atoms with Crippen LogP contribution in [0.3, 0.4) is 0 Å². The second kappa shape index (κ2) is 10.9. The molecule has 0 spiro atoms. The van der Waals surface area contributed by atoms with E-state index in [0.29, 0.717) is 5.56 Å². The van der Waals surface area contributed by atoms with Gasteiger partial charge in [-0.2, -0.15) is 0 Å². The van der Waals surface area contributed by atoms with Crippen LogP contribution in [0.1, 0.15) is 29.0 Å². The van der Waals surface area contributed by atoms with Gasteiger partial charge >= 0.3 is 0 Å². The zero-order valence-electron chi connectivity index (χ0n) is 30.3. The van der Waals surface area contributed by atoms with Gasteiger partial charge in [0.1, 0.15) is 6.33 Å². The molecule has 201 valence electrons. The second-order valence-electron chi connectivity index (χ2n) is 9.33. The van der Waals surface area contributed by atoms with E-state index >= 15 is 0 Å². The van der Waals surface area contributed by atoms with Crippen molar-refractivity contribution >= 4 is 54.4 Å². The van der Waals surface area contributed by atoms with Crippen LogP contribution in [0.25, 0.3) is 65.6 Å². The monoisotopic (exact) mass is 717 g/mol. The van der Waals surface area contributed by atoms with Gasteiger partial charge in [-0.15, -0.1) is 41.5 Å². The molecule has 3 aromatic heterocycles. The number of hydrogen-bond donors (Lipinski definition) is 0. The number of aryl methyl sites for hydroxylation is 3. The predicted octanol–water partition coefficient (Wildman–Crippen LogP) is 9.11. The fraction of sp³-hybridized carbons (Fsp3) is 0.0833. The minimum absolute atomic E-state index is 0.